The first-order valence-electron chi connectivity index (χ1n) is 8.47. The van der Waals surface area contributed by atoms with Crippen LogP contribution in [0, 0.1) is 0 Å². The molecule has 0 aliphatic carbocycles. The lowest BCUT2D eigenvalue weighted by molar-refractivity contribution is 0.0858. The maximum Gasteiger partial charge on any atom is 0.273 e. The van der Waals surface area contributed by atoms with E-state index in [1.165, 1.54) is 11.3 Å². The average Bonchev–Trinajstić information content (AvgIpc) is 3.06. The van der Waals surface area contributed by atoms with E-state index in [0.717, 1.165) is 11.1 Å². The second-order valence-electron chi connectivity index (χ2n) is 6.76. The molecule has 4 N–H and O–H groups in total. The number of nitrogens with two attached hydrogens (primary N) is 1. The van der Waals surface area contributed by atoms with Crippen molar-refractivity contribution in [2.45, 2.75) is 46.1 Å². The topological polar surface area (TPSA) is 91.7 Å². The largest absolute Gasteiger partial charge is 0.507 e. The number of furan rings is 1. The fourth-order valence-corrected chi connectivity index (χ4v) is 2.65. The summed E-state index contributed by atoms with van der Waals surface area (Å²) in [6.07, 6.45) is 1.53. The Balaban J connectivity index is 2.33. The van der Waals surface area contributed by atoms with Crippen LogP contribution in [-0.4, -0.2) is 21.1 Å². The van der Waals surface area contributed by atoms with Crippen molar-refractivity contribution >= 4 is 23.2 Å². The molecule has 1 heterocycles. The molecule has 2 aromatic rings. The monoisotopic (exact) mass is 375 g/mol. The zero-order valence-corrected chi connectivity index (χ0v) is 16.3. The van der Waals surface area contributed by atoms with Gasteiger partial charge in [0.1, 0.15) is 11.5 Å². The van der Waals surface area contributed by atoms with Crippen LogP contribution in [0.3, 0.4) is 0 Å². The van der Waals surface area contributed by atoms with Crippen LogP contribution in [0.15, 0.2) is 34.9 Å². The maximum absolute atomic E-state index is 12.8. The first-order chi connectivity index (χ1) is 12.2. The third-order valence-electron chi connectivity index (χ3n) is 4.09. The molecule has 2 rings (SSSR count). The Kier molecular flexibility index (Phi) is 6.26. The summed E-state index contributed by atoms with van der Waals surface area (Å²) in [7, 11) is 0. The van der Waals surface area contributed by atoms with E-state index in [2.05, 4.69) is 5.43 Å². The Hall–Kier alpha value is -2.54. The van der Waals surface area contributed by atoms with Gasteiger partial charge in [0.15, 0.2) is 5.11 Å². The molecule has 0 bridgehead atoms. The van der Waals surface area contributed by atoms with Crippen LogP contribution in [0.1, 0.15) is 66.8 Å². The number of hydrogen-bond donors (Lipinski definition) is 3. The molecule has 0 radical (unpaired) electrons. The van der Waals surface area contributed by atoms with Crippen LogP contribution in [0.25, 0.3) is 0 Å². The highest BCUT2D eigenvalue weighted by atomic mass is 32.1. The molecule has 0 fully saturated rings. The van der Waals surface area contributed by atoms with Crippen molar-refractivity contribution in [2.24, 2.45) is 5.73 Å². The minimum absolute atomic E-state index is 0.00154. The zero-order valence-electron chi connectivity index (χ0n) is 15.4. The number of phenolic OH excluding ortho intramolecular Hbond substituents is 1. The predicted octanol–water partition coefficient (Wildman–Crippen LogP) is 3.62. The van der Waals surface area contributed by atoms with Gasteiger partial charge in [-0.3, -0.25) is 15.2 Å². The van der Waals surface area contributed by atoms with Crippen LogP contribution in [0.4, 0.5) is 0 Å². The van der Waals surface area contributed by atoms with Gasteiger partial charge in [-0.2, -0.15) is 0 Å². The van der Waals surface area contributed by atoms with Gasteiger partial charge in [-0.1, -0.05) is 33.8 Å². The third kappa shape index (κ3) is 4.54. The lowest BCUT2D eigenvalue weighted by Gasteiger charge is -2.23. The van der Waals surface area contributed by atoms with E-state index >= 15 is 0 Å². The first-order valence-corrected chi connectivity index (χ1v) is 8.88. The Morgan fingerprint density at radius 2 is 2.00 bits per heavy atom. The Morgan fingerprint density at radius 1 is 1.31 bits per heavy atom. The normalized spacial score (nSPS) is 11.0. The molecular formula is C19H25N3O3S. The smallest absolute Gasteiger partial charge is 0.273 e. The number of aromatic hydroxyl groups is 1. The summed E-state index contributed by atoms with van der Waals surface area (Å²) in [6, 6.07) is 7.13. The number of benzene rings is 1. The molecule has 6 nitrogen and oxygen atoms in total. The number of amides is 1. The molecule has 0 unspecified atom stereocenters. The summed E-state index contributed by atoms with van der Waals surface area (Å²) in [5.41, 5.74) is 10.3. The predicted molar refractivity (Wildman–Crippen MR) is 105 cm³/mol. The maximum atomic E-state index is 12.8. The van der Waals surface area contributed by atoms with Crippen molar-refractivity contribution in [1.82, 2.24) is 10.4 Å². The molecule has 26 heavy (non-hydrogen) atoms. The fraction of sp³-hybridized carbons (Fsp3) is 0.368. The standard InChI is InChI=1S/C19H25N3O3S/c1-11(2)13-8-15(12(3)4)17(23)16(9-13)18(24)21-22(19(20)26)10-14-6-5-7-25-14/h5-9,11-12,23H,10H2,1-4H3,(H2,20,26)(H,21,24). The molecule has 0 aliphatic heterocycles. The van der Waals surface area contributed by atoms with Crippen LogP contribution < -0.4 is 11.2 Å². The molecule has 1 aromatic heterocycles. The Morgan fingerprint density at radius 3 is 2.50 bits per heavy atom. The summed E-state index contributed by atoms with van der Waals surface area (Å²) >= 11 is 5.01. The van der Waals surface area contributed by atoms with Crippen LogP contribution in [-0.2, 0) is 6.54 Å². The van der Waals surface area contributed by atoms with Crippen molar-refractivity contribution < 1.29 is 14.3 Å². The summed E-state index contributed by atoms with van der Waals surface area (Å²) in [5.74, 6) is 0.389. The van der Waals surface area contributed by atoms with Gasteiger partial charge in [0, 0.05) is 0 Å². The van der Waals surface area contributed by atoms with Gasteiger partial charge in [-0.05, 0) is 53.4 Å². The quantitative estimate of drug-likeness (QED) is 0.546. The highest BCUT2D eigenvalue weighted by Crippen LogP contribution is 2.33. The second-order valence-corrected chi connectivity index (χ2v) is 7.18. The fourth-order valence-electron chi connectivity index (χ4n) is 2.54. The van der Waals surface area contributed by atoms with E-state index in [1.54, 1.807) is 18.2 Å². The molecule has 7 heteroatoms. The lowest BCUT2D eigenvalue weighted by atomic mass is 9.92. The van der Waals surface area contributed by atoms with E-state index in [0.29, 0.717) is 5.76 Å². The van der Waals surface area contributed by atoms with Crippen LogP contribution in [0.5, 0.6) is 5.75 Å². The zero-order chi connectivity index (χ0) is 19.4. The average molecular weight is 375 g/mol. The van der Waals surface area contributed by atoms with Gasteiger partial charge in [-0.15, -0.1) is 0 Å². The molecular weight excluding hydrogens is 350 g/mol. The molecule has 1 aromatic carbocycles. The molecule has 140 valence electrons. The number of thiocarbonyl (C=S) groups is 1. The summed E-state index contributed by atoms with van der Waals surface area (Å²) in [6.45, 7) is 8.21. The Bertz CT molecular complexity index is 786. The van der Waals surface area contributed by atoms with Crippen LogP contribution >= 0.6 is 12.2 Å². The van der Waals surface area contributed by atoms with Gasteiger partial charge in [0.05, 0.1) is 18.4 Å². The van der Waals surface area contributed by atoms with Gasteiger partial charge >= 0.3 is 0 Å². The number of hydrogen-bond acceptors (Lipinski definition) is 4. The number of rotatable bonds is 5. The van der Waals surface area contributed by atoms with Crippen molar-refractivity contribution in [2.75, 3.05) is 0 Å². The molecule has 1 amide bonds. The number of phenols is 1. The van der Waals surface area contributed by atoms with E-state index < -0.39 is 5.91 Å². The minimum Gasteiger partial charge on any atom is -0.507 e. The molecule has 0 saturated carbocycles. The van der Waals surface area contributed by atoms with Gasteiger partial charge in [0.25, 0.3) is 5.91 Å². The van der Waals surface area contributed by atoms with Crippen molar-refractivity contribution in [1.29, 1.82) is 0 Å². The summed E-state index contributed by atoms with van der Waals surface area (Å²) in [4.78, 5) is 12.8. The lowest BCUT2D eigenvalue weighted by Crippen LogP contribution is -2.48. The number of nitrogens with one attached hydrogen (secondary N) is 1. The van der Waals surface area contributed by atoms with Gasteiger partial charge < -0.3 is 15.3 Å². The first kappa shape index (κ1) is 19.8. The van der Waals surface area contributed by atoms with Crippen molar-refractivity contribution in [3.05, 3.63) is 53.0 Å². The summed E-state index contributed by atoms with van der Waals surface area (Å²) < 4.78 is 5.27. The van der Waals surface area contributed by atoms with E-state index in [4.69, 9.17) is 22.4 Å². The number of nitrogens with zero attached hydrogens (tertiary/aromatic N) is 1. The van der Waals surface area contributed by atoms with E-state index in [1.807, 2.05) is 33.8 Å². The van der Waals surface area contributed by atoms with Gasteiger partial charge in [-0.25, -0.2) is 0 Å². The minimum atomic E-state index is -0.480. The highest BCUT2D eigenvalue weighted by molar-refractivity contribution is 7.80. The number of carbonyl (C=O) groups excluding carboxylic acids is 1. The second kappa shape index (κ2) is 8.23. The number of hydrazine groups is 1. The molecule has 0 aliphatic rings. The highest BCUT2D eigenvalue weighted by Gasteiger charge is 2.21. The van der Waals surface area contributed by atoms with Crippen LogP contribution in [0.2, 0.25) is 0 Å². The van der Waals surface area contributed by atoms with Crippen molar-refractivity contribution in [3.63, 3.8) is 0 Å². The molecule has 0 atom stereocenters. The van der Waals surface area contributed by atoms with E-state index in [-0.39, 0.29) is 34.8 Å². The van der Waals surface area contributed by atoms with Crippen molar-refractivity contribution in [3.8, 4) is 5.75 Å². The van der Waals surface area contributed by atoms with E-state index in [9.17, 15) is 9.90 Å². The summed E-state index contributed by atoms with van der Waals surface area (Å²) in [5, 5.41) is 11.9. The SMILES string of the molecule is CC(C)c1cc(C(=O)NN(Cc2ccco2)C(N)=S)c(O)c(C(C)C)c1. The molecule has 0 saturated heterocycles. The Labute approximate surface area is 159 Å². The molecule has 0 spiro atoms. The van der Waals surface area contributed by atoms with Gasteiger partial charge in [0.2, 0.25) is 0 Å². The number of carbonyl (C=O) groups is 1. The third-order valence-corrected chi connectivity index (χ3v) is 4.31.